The summed E-state index contributed by atoms with van der Waals surface area (Å²) in [5.41, 5.74) is -1.08. The molecule has 0 aromatic heterocycles. The van der Waals surface area contributed by atoms with Crippen LogP contribution in [0.15, 0.2) is 22.8 Å². The SMILES string of the molecule is CC(C)=CCC(O)[C@@H](C)[C@H]1CC[C@@]2(C(=O)[O-])C3=C(CC[C@]12C)[C@@]1(C)CC[C@H](O[C@@H]2O[C@H](CO)[C@H](O)[C@H](O)[C@H]2O[C@@H]2OC[C@H](O[C@@H]4O[C@H](CO)[C@H](O)[C@H](O)[C@H]4O)[C@H](O)[C@H]2O)[C@](C)(O)[C@@H]1CC3.[Na+]. The molecule has 19 nitrogen and oxygen atoms in total. The predicted molar refractivity (Wildman–Crippen MR) is 222 cm³/mol. The minimum absolute atomic E-state index is 0. The summed E-state index contributed by atoms with van der Waals surface area (Å²) in [5.74, 6) is -1.72. The van der Waals surface area contributed by atoms with Crippen molar-refractivity contribution in [2.45, 2.75) is 203 Å². The van der Waals surface area contributed by atoms with Crippen molar-refractivity contribution < 1.29 is 124 Å². The van der Waals surface area contributed by atoms with Crippen LogP contribution in [-0.4, -0.2) is 186 Å². The van der Waals surface area contributed by atoms with E-state index in [1.54, 1.807) is 6.92 Å². The molecule has 7 aliphatic rings. The number of rotatable bonds is 13. The van der Waals surface area contributed by atoms with Gasteiger partial charge in [-0.2, -0.15) is 0 Å². The molecule has 0 spiro atoms. The molecule has 23 atom stereocenters. The predicted octanol–water partition coefficient (Wildman–Crippen LogP) is -4.98. The molecule has 3 saturated heterocycles. The number of aliphatic carboxylic acids is 1. The van der Waals surface area contributed by atoms with Crippen molar-refractivity contribution >= 4 is 5.97 Å². The second kappa shape index (κ2) is 20.8. The van der Waals surface area contributed by atoms with Crippen molar-refractivity contribution in [2.24, 2.45) is 34.0 Å². The Morgan fingerprint density at radius 2 is 1.39 bits per heavy atom. The number of hydrogen-bond acceptors (Lipinski definition) is 19. The monoisotopic (exact) mass is 952 g/mol. The van der Waals surface area contributed by atoms with Crippen LogP contribution in [0.2, 0.25) is 0 Å². The van der Waals surface area contributed by atoms with Crippen LogP contribution in [-0.2, 0) is 33.2 Å². The molecule has 1 unspecified atom stereocenters. The van der Waals surface area contributed by atoms with Crippen molar-refractivity contribution in [3.05, 3.63) is 22.8 Å². The summed E-state index contributed by atoms with van der Waals surface area (Å²) in [7, 11) is 0. The topological polar surface area (TPSA) is 318 Å². The molecule has 3 heterocycles. The summed E-state index contributed by atoms with van der Waals surface area (Å²) in [6, 6.07) is 0. The van der Waals surface area contributed by atoms with E-state index in [4.69, 9.17) is 28.4 Å². The smallest absolute Gasteiger partial charge is 0.549 e. The Hall–Kier alpha value is -0.730. The largest absolute Gasteiger partial charge is 1.00 e. The van der Waals surface area contributed by atoms with Gasteiger partial charge in [-0.15, -0.1) is 0 Å². The number of allylic oxidation sites excluding steroid dienone is 2. The molecule has 0 bridgehead atoms. The number of aliphatic hydroxyl groups is 11. The van der Waals surface area contributed by atoms with E-state index in [9.17, 15) is 66.1 Å². The maximum absolute atomic E-state index is 13.6. The van der Waals surface area contributed by atoms with Crippen molar-refractivity contribution in [3.63, 3.8) is 0 Å². The molecule has 2 saturated carbocycles. The molecular weight excluding hydrogens is 879 g/mol. The molecular formula is C46H73NaO19. The number of fused-ring (bicyclic) bond motifs is 4. The number of carboxylic acid groups (broad SMARTS) is 1. The second-order valence-electron chi connectivity index (χ2n) is 20.9. The van der Waals surface area contributed by atoms with Crippen LogP contribution >= 0.6 is 0 Å². The Balaban J connectivity index is 0.00000720. The van der Waals surface area contributed by atoms with E-state index in [1.807, 2.05) is 26.8 Å². The Morgan fingerprint density at radius 3 is 2.02 bits per heavy atom. The van der Waals surface area contributed by atoms with Gasteiger partial charge in [-0.05, 0) is 107 Å². The molecule has 0 aromatic carbocycles. The molecule has 4 aliphatic carbocycles. The maximum Gasteiger partial charge on any atom is 1.00 e. The van der Waals surface area contributed by atoms with E-state index < -0.39 is 152 Å². The van der Waals surface area contributed by atoms with Crippen LogP contribution in [0.25, 0.3) is 0 Å². The number of ether oxygens (including phenoxy) is 6. The summed E-state index contributed by atoms with van der Waals surface area (Å²) >= 11 is 0. The maximum atomic E-state index is 13.6. The van der Waals surface area contributed by atoms with Gasteiger partial charge in [-0.1, -0.05) is 43.6 Å². The Kier molecular flexibility index (Phi) is 17.2. The molecule has 7 rings (SSSR count). The summed E-state index contributed by atoms with van der Waals surface area (Å²) in [6.07, 6.45) is -18.3. The first-order valence-electron chi connectivity index (χ1n) is 23.3. The van der Waals surface area contributed by atoms with Gasteiger partial charge < -0.3 is 94.5 Å². The minimum Gasteiger partial charge on any atom is -0.549 e. The van der Waals surface area contributed by atoms with E-state index in [2.05, 4.69) is 13.8 Å². The van der Waals surface area contributed by atoms with E-state index in [0.29, 0.717) is 51.4 Å². The molecule has 0 amide bonds. The van der Waals surface area contributed by atoms with Gasteiger partial charge in [-0.3, -0.25) is 0 Å². The van der Waals surface area contributed by atoms with Crippen molar-refractivity contribution in [3.8, 4) is 0 Å². The van der Waals surface area contributed by atoms with Gasteiger partial charge in [0.15, 0.2) is 18.9 Å². The average molecular weight is 953 g/mol. The third-order valence-corrected chi connectivity index (χ3v) is 17.2. The number of carbonyl (C=O) groups is 1. The van der Waals surface area contributed by atoms with Gasteiger partial charge in [0, 0.05) is 5.41 Å². The Morgan fingerprint density at radius 1 is 0.773 bits per heavy atom. The zero-order valence-corrected chi connectivity index (χ0v) is 41.2. The van der Waals surface area contributed by atoms with E-state index >= 15 is 0 Å². The number of aliphatic hydroxyl groups excluding tert-OH is 10. The van der Waals surface area contributed by atoms with Crippen LogP contribution in [0, 0.1) is 34.0 Å². The molecule has 11 N–H and O–H groups in total. The van der Waals surface area contributed by atoms with E-state index in [1.165, 1.54) is 0 Å². The molecule has 5 fully saturated rings. The molecule has 66 heavy (non-hydrogen) atoms. The average Bonchev–Trinajstić information content (AvgIpc) is 3.59. The van der Waals surface area contributed by atoms with Gasteiger partial charge in [0.2, 0.25) is 0 Å². The minimum atomic E-state index is -1.89. The van der Waals surface area contributed by atoms with Crippen LogP contribution in [0.1, 0.15) is 99.3 Å². The summed E-state index contributed by atoms with van der Waals surface area (Å²) < 4.78 is 35.1. The van der Waals surface area contributed by atoms with E-state index in [-0.39, 0.29) is 47.8 Å². The number of carboxylic acids is 1. The quantitative estimate of drug-likeness (QED) is 0.0609. The van der Waals surface area contributed by atoms with Gasteiger partial charge >= 0.3 is 29.6 Å². The zero-order valence-electron chi connectivity index (χ0n) is 39.2. The van der Waals surface area contributed by atoms with Gasteiger partial charge in [-0.25, -0.2) is 0 Å². The molecule has 0 aromatic rings. The molecule has 0 radical (unpaired) electrons. The fourth-order valence-corrected chi connectivity index (χ4v) is 13.3. The van der Waals surface area contributed by atoms with Crippen molar-refractivity contribution in [1.82, 2.24) is 0 Å². The molecule has 20 heteroatoms. The van der Waals surface area contributed by atoms with Gasteiger partial charge in [0.25, 0.3) is 0 Å². The number of hydrogen-bond donors (Lipinski definition) is 11. The summed E-state index contributed by atoms with van der Waals surface area (Å²) in [5, 5.41) is 132. The summed E-state index contributed by atoms with van der Waals surface area (Å²) in [4.78, 5) is 13.6. The molecule has 372 valence electrons. The van der Waals surface area contributed by atoms with Crippen LogP contribution in [0.4, 0.5) is 0 Å². The van der Waals surface area contributed by atoms with Crippen molar-refractivity contribution in [2.75, 3.05) is 19.8 Å². The second-order valence-corrected chi connectivity index (χ2v) is 20.9. The number of carbonyl (C=O) groups excluding carboxylic acids is 1. The third kappa shape index (κ3) is 9.20. The Bertz CT molecular complexity index is 1760. The third-order valence-electron chi connectivity index (χ3n) is 17.2. The normalized spacial score (nSPS) is 49.1. The zero-order chi connectivity index (χ0) is 47.7. The first-order valence-corrected chi connectivity index (χ1v) is 23.3. The molecule has 3 aliphatic heterocycles. The fraction of sp³-hybridized carbons (Fsp3) is 0.891. The van der Waals surface area contributed by atoms with Crippen molar-refractivity contribution in [1.29, 1.82) is 0 Å². The van der Waals surface area contributed by atoms with Crippen LogP contribution in [0.3, 0.4) is 0 Å². The fourth-order valence-electron chi connectivity index (χ4n) is 13.3. The standard InChI is InChI=1S/C46H74O19.Na/c1-20(2)7-9-25(49)21(3)22-12-16-46(42(57)58)24-8-10-29-43(4,23(24)11-15-44(22,46)5)14-13-30(45(29,6)59)64-41-38(35(54)32(51)27(18-48)62-41)65-39-36(55)33(52)28(19-60-39)63-40-37(56)34(53)31(50)26(17-47)61-40;/h7,21-22,25-41,47-56,59H,8-19H2,1-6H3,(H,57,58);/q;+1/p-1/t21-,22+,25?,26+,27+,28-,29+,30-,31-,32-,33-,34-,35-,36+,37+,38+,39-,40-,41-,43+,44+,45+,46-;/m0./s1. The van der Waals surface area contributed by atoms with Crippen LogP contribution < -0.4 is 34.7 Å². The first-order chi connectivity index (χ1) is 30.5. The van der Waals surface area contributed by atoms with Gasteiger partial charge in [0.05, 0.1) is 43.6 Å². The first kappa shape index (κ1) is 54.6. The van der Waals surface area contributed by atoms with Gasteiger partial charge in [0.1, 0.15) is 67.1 Å². The Labute approximate surface area is 408 Å². The van der Waals surface area contributed by atoms with E-state index in [0.717, 1.165) is 16.7 Å². The van der Waals surface area contributed by atoms with Crippen LogP contribution in [0.5, 0.6) is 0 Å². The summed E-state index contributed by atoms with van der Waals surface area (Å²) in [6.45, 7) is 9.83.